The van der Waals surface area contributed by atoms with Gasteiger partial charge in [-0.3, -0.25) is 0 Å². The van der Waals surface area contributed by atoms with E-state index in [0.29, 0.717) is 0 Å². The maximum atomic E-state index is 6.61. The topological polar surface area (TPSA) is 21.3 Å². The molecule has 1 heterocycles. The number of rotatable bonds is 1. The lowest BCUT2D eigenvalue weighted by Crippen LogP contribution is -2.51. The summed E-state index contributed by atoms with van der Waals surface area (Å²) >= 11 is 0. The average molecular weight is 273 g/mol. The second kappa shape index (κ2) is 5.50. The maximum Gasteiger partial charge on any atom is 0.0960 e. The molecule has 2 nitrogen and oxygen atoms in total. The van der Waals surface area contributed by atoms with Gasteiger partial charge in [-0.2, -0.15) is 0 Å². The Hall–Kier alpha value is -0.860. The molecule has 2 fully saturated rings. The van der Waals surface area contributed by atoms with Gasteiger partial charge in [0, 0.05) is 13.1 Å². The minimum absolute atomic E-state index is 0.104. The molecule has 1 atom stereocenters. The van der Waals surface area contributed by atoms with Crippen LogP contribution in [0.2, 0.25) is 0 Å². The maximum absolute atomic E-state index is 6.61. The fourth-order valence-electron chi connectivity index (χ4n) is 3.81. The van der Waals surface area contributed by atoms with E-state index in [0.717, 1.165) is 13.1 Å². The molecule has 0 radical (unpaired) electrons. The van der Waals surface area contributed by atoms with Crippen LogP contribution in [-0.4, -0.2) is 18.7 Å². The second-order valence-corrected chi connectivity index (χ2v) is 6.77. The van der Waals surface area contributed by atoms with Crippen molar-refractivity contribution in [1.29, 1.82) is 0 Å². The van der Waals surface area contributed by atoms with Crippen molar-refractivity contribution in [3.05, 3.63) is 34.4 Å². The summed E-state index contributed by atoms with van der Waals surface area (Å²) in [4.78, 5) is 0. The molecule has 1 saturated heterocycles. The van der Waals surface area contributed by atoms with Crippen LogP contribution in [0.3, 0.4) is 0 Å². The average Bonchev–Trinajstić information content (AvgIpc) is 2.44. The SMILES string of the molecule is Cc1cc(C)c(C2CNCC3(CCCCC3)O2)cc1C. The van der Waals surface area contributed by atoms with Gasteiger partial charge in [0.05, 0.1) is 11.7 Å². The summed E-state index contributed by atoms with van der Waals surface area (Å²) in [5.41, 5.74) is 5.60. The third-order valence-electron chi connectivity index (χ3n) is 5.16. The molecule has 0 aromatic heterocycles. The molecule has 1 aromatic rings. The molecule has 1 unspecified atom stereocenters. The Labute approximate surface area is 122 Å². The molecule has 0 amide bonds. The normalized spacial score (nSPS) is 25.9. The first-order valence-corrected chi connectivity index (χ1v) is 8.06. The Morgan fingerprint density at radius 3 is 2.45 bits per heavy atom. The molecule has 1 spiro atoms. The summed E-state index contributed by atoms with van der Waals surface area (Å²) in [7, 11) is 0. The van der Waals surface area contributed by atoms with Crippen LogP contribution >= 0.6 is 0 Å². The number of ether oxygens (including phenoxy) is 1. The highest BCUT2D eigenvalue weighted by Gasteiger charge is 2.38. The monoisotopic (exact) mass is 273 g/mol. The van der Waals surface area contributed by atoms with Gasteiger partial charge < -0.3 is 10.1 Å². The molecule has 1 aliphatic heterocycles. The molecular formula is C18H27NO. The van der Waals surface area contributed by atoms with Crippen molar-refractivity contribution in [2.45, 2.75) is 64.6 Å². The molecule has 1 saturated carbocycles. The summed E-state index contributed by atoms with van der Waals surface area (Å²) in [6, 6.07) is 4.63. The van der Waals surface area contributed by atoms with E-state index in [1.165, 1.54) is 54.4 Å². The zero-order valence-corrected chi connectivity index (χ0v) is 13.1. The lowest BCUT2D eigenvalue weighted by atomic mass is 9.83. The fraction of sp³-hybridized carbons (Fsp3) is 0.667. The predicted octanol–water partition coefficient (Wildman–Crippen LogP) is 3.98. The summed E-state index contributed by atoms with van der Waals surface area (Å²) in [5.74, 6) is 0. The smallest absolute Gasteiger partial charge is 0.0960 e. The van der Waals surface area contributed by atoms with Gasteiger partial charge in [0.15, 0.2) is 0 Å². The van der Waals surface area contributed by atoms with Crippen LogP contribution in [0.5, 0.6) is 0 Å². The van der Waals surface area contributed by atoms with Crippen LogP contribution in [0.1, 0.15) is 60.5 Å². The van der Waals surface area contributed by atoms with E-state index in [9.17, 15) is 0 Å². The lowest BCUT2D eigenvalue weighted by Gasteiger charge is -2.44. The molecule has 1 aliphatic carbocycles. The van der Waals surface area contributed by atoms with Gasteiger partial charge in [0.1, 0.15) is 0 Å². The number of hydrogen-bond acceptors (Lipinski definition) is 2. The number of benzene rings is 1. The summed E-state index contributed by atoms with van der Waals surface area (Å²) in [6.07, 6.45) is 6.68. The van der Waals surface area contributed by atoms with Crippen molar-refractivity contribution in [1.82, 2.24) is 5.32 Å². The molecule has 2 heteroatoms. The van der Waals surface area contributed by atoms with Gasteiger partial charge in [-0.15, -0.1) is 0 Å². The zero-order valence-electron chi connectivity index (χ0n) is 13.1. The van der Waals surface area contributed by atoms with E-state index >= 15 is 0 Å². The molecule has 110 valence electrons. The van der Waals surface area contributed by atoms with Crippen LogP contribution in [-0.2, 0) is 4.74 Å². The fourth-order valence-corrected chi connectivity index (χ4v) is 3.81. The van der Waals surface area contributed by atoms with Gasteiger partial charge in [0.2, 0.25) is 0 Å². The van der Waals surface area contributed by atoms with E-state index in [-0.39, 0.29) is 11.7 Å². The Bertz CT molecular complexity index is 483. The Morgan fingerprint density at radius 2 is 1.70 bits per heavy atom. The van der Waals surface area contributed by atoms with Crippen molar-refractivity contribution >= 4 is 0 Å². The van der Waals surface area contributed by atoms with Crippen LogP contribution in [0.15, 0.2) is 12.1 Å². The van der Waals surface area contributed by atoms with Crippen molar-refractivity contribution in [3.63, 3.8) is 0 Å². The molecule has 2 aliphatic rings. The summed E-state index contributed by atoms with van der Waals surface area (Å²) in [6.45, 7) is 8.59. The number of aryl methyl sites for hydroxylation is 3. The van der Waals surface area contributed by atoms with Crippen LogP contribution in [0, 0.1) is 20.8 Å². The quantitative estimate of drug-likeness (QED) is 0.836. The van der Waals surface area contributed by atoms with E-state index in [2.05, 4.69) is 38.2 Å². The van der Waals surface area contributed by atoms with E-state index < -0.39 is 0 Å². The summed E-state index contributed by atoms with van der Waals surface area (Å²) < 4.78 is 6.61. The second-order valence-electron chi connectivity index (χ2n) is 6.77. The van der Waals surface area contributed by atoms with E-state index in [4.69, 9.17) is 4.74 Å². The zero-order chi connectivity index (χ0) is 14.2. The van der Waals surface area contributed by atoms with Crippen LogP contribution in [0.25, 0.3) is 0 Å². The first-order valence-electron chi connectivity index (χ1n) is 8.06. The largest absolute Gasteiger partial charge is 0.364 e. The van der Waals surface area contributed by atoms with Crippen LogP contribution < -0.4 is 5.32 Å². The Kier molecular flexibility index (Phi) is 3.87. The number of nitrogens with one attached hydrogen (secondary N) is 1. The highest BCUT2D eigenvalue weighted by atomic mass is 16.5. The molecule has 20 heavy (non-hydrogen) atoms. The highest BCUT2D eigenvalue weighted by Crippen LogP contribution is 2.38. The lowest BCUT2D eigenvalue weighted by molar-refractivity contribution is -0.136. The predicted molar refractivity (Wildman–Crippen MR) is 83.2 cm³/mol. The number of hydrogen-bond donors (Lipinski definition) is 1. The van der Waals surface area contributed by atoms with Crippen LogP contribution in [0.4, 0.5) is 0 Å². The van der Waals surface area contributed by atoms with Gasteiger partial charge >= 0.3 is 0 Å². The van der Waals surface area contributed by atoms with E-state index in [1.54, 1.807) is 0 Å². The van der Waals surface area contributed by atoms with Crippen molar-refractivity contribution in [3.8, 4) is 0 Å². The Balaban J connectivity index is 1.85. The molecule has 1 N–H and O–H groups in total. The van der Waals surface area contributed by atoms with Gasteiger partial charge in [-0.25, -0.2) is 0 Å². The highest BCUT2D eigenvalue weighted by molar-refractivity contribution is 5.38. The third-order valence-corrected chi connectivity index (χ3v) is 5.16. The number of morpholine rings is 1. The van der Waals surface area contributed by atoms with Gasteiger partial charge in [-0.05, 0) is 55.9 Å². The van der Waals surface area contributed by atoms with Gasteiger partial charge in [0.25, 0.3) is 0 Å². The van der Waals surface area contributed by atoms with Gasteiger partial charge in [-0.1, -0.05) is 31.4 Å². The Morgan fingerprint density at radius 1 is 1.00 bits per heavy atom. The first-order chi connectivity index (χ1) is 9.60. The minimum Gasteiger partial charge on any atom is -0.364 e. The van der Waals surface area contributed by atoms with Crippen molar-refractivity contribution < 1.29 is 4.74 Å². The molecule has 0 bridgehead atoms. The first kappa shape index (κ1) is 14.1. The summed E-state index contributed by atoms with van der Waals surface area (Å²) in [5, 5.41) is 3.63. The molecule has 3 rings (SSSR count). The minimum atomic E-state index is 0.104. The molecule has 1 aromatic carbocycles. The van der Waals surface area contributed by atoms with Crippen molar-refractivity contribution in [2.75, 3.05) is 13.1 Å². The van der Waals surface area contributed by atoms with Crippen molar-refractivity contribution in [2.24, 2.45) is 0 Å². The molecular weight excluding hydrogens is 246 g/mol. The van der Waals surface area contributed by atoms with E-state index in [1.807, 2.05) is 0 Å². The third kappa shape index (κ3) is 2.64. The standard InChI is InChI=1S/C18H27NO/c1-13-9-15(3)16(10-14(13)2)17-11-19-12-18(20-17)7-5-4-6-8-18/h9-10,17,19H,4-8,11-12H2,1-3H3.